The fourth-order valence-corrected chi connectivity index (χ4v) is 4.57. The highest BCUT2D eigenvalue weighted by atomic mass is 32.2. The Bertz CT molecular complexity index is 365. The summed E-state index contributed by atoms with van der Waals surface area (Å²) < 4.78 is 32.9. The van der Waals surface area contributed by atoms with Crippen molar-refractivity contribution in [2.45, 2.75) is 41.7 Å². The minimum Gasteiger partial charge on any atom is -0.369 e. The van der Waals surface area contributed by atoms with Crippen LogP contribution in [-0.2, 0) is 19.0 Å². The maximum absolute atomic E-state index is 11.6. The highest BCUT2D eigenvalue weighted by Crippen LogP contribution is 2.54. The molecule has 0 aliphatic carbocycles. The van der Waals surface area contributed by atoms with Crippen LogP contribution in [0, 0.1) is 0 Å². The van der Waals surface area contributed by atoms with E-state index in [1.54, 1.807) is 6.92 Å². The minimum absolute atomic E-state index is 0.0550. The molecular weight excluding hydrogens is 212 g/mol. The molecule has 5 atom stereocenters. The van der Waals surface area contributed by atoms with E-state index in [2.05, 4.69) is 12.6 Å². The van der Waals surface area contributed by atoms with Gasteiger partial charge in [0.25, 0.3) is 10.1 Å². The van der Waals surface area contributed by atoms with E-state index in [9.17, 15) is 8.42 Å². The first-order chi connectivity index (χ1) is 5.96. The van der Waals surface area contributed by atoms with Crippen LogP contribution in [0.1, 0.15) is 13.3 Å². The second kappa shape index (κ2) is 2.08. The molecule has 74 valence electrons. The number of rotatable bonds is 0. The van der Waals surface area contributed by atoms with Crippen molar-refractivity contribution in [3.63, 3.8) is 0 Å². The molecule has 0 spiro atoms. The van der Waals surface area contributed by atoms with Crippen molar-refractivity contribution in [2.75, 3.05) is 0 Å². The number of hydrogen-bond donors (Lipinski definition) is 1. The lowest BCUT2D eigenvalue weighted by Gasteiger charge is -2.22. The van der Waals surface area contributed by atoms with E-state index in [0.29, 0.717) is 6.42 Å². The van der Waals surface area contributed by atoms with E-state index in [-0.39, 0.29) is 23.6 Å². The van der Waals surface area contributed by atoms with E-state index in [1.807, 2.05) is 0 Å². The molecule has 6 heteroatoms. The monoisotopic (exact) mass is 222 g/mol. The van der Waals surface area contributed by atoms with Crippen molar-refractivity contribution in [1.82, 2.24) is 0 Å². The Morgan fingerprint density at radius 1 is 1.54 bits per heavy atom. The van der Waals surface area contributed by atoms with Gasteiger partial charge in [-0.2, -0.15) is 21.0 Å². The van der Waals surface area contributed by atoms with Crippen LogP contribution in [0.2, 0.25) is 0 Å². The summed E-state index contributed by atoms with van der Waals surface area (Å²) in [5.74, 6) is 0. The number of fused-ring (bicyclic) bond motifs is 1. The highest BCUT2D eigenvalue weighted by Gasteiger charge is 2.71. The Balaban J connectivity index is 2.18. The van der Waals surface area contributed by atoms with Crippen molar-refractivity contribution in [1.29, 1.82) is 0 Å². The average molecular weight is 222 g/mol. The minimum atomic E-state index is -3.44. The van der Waals surface area contributed by atoms with Crippen LogP contribution in [0.15, 0.2) is 0 Å². The summed E-state index contributed by atoms with van der Waals surface area (Å²) in [5, 5.41) is -0.0876. The second-order valence-corrected chi connectivity index (χ2v) is 6.75. The molecule has 4 nitrogen and oxygen atoms in total. The Kier molecular flexibility index (Phi) is 1.36. The lowest BCUT2D eigenvalue weighted by molar-refractivity contribution is 0.0764. The fraction of sp³-hybridized carbons (Fsp3) is 1.00. The summed E-state index contributed by atoms with van der Waals surface area (Å²) in [5.41, 5.74) is 0. The Morgan fingerprint density at radius 2 is 2.23 bits per heavy atom. The molecule has 0 amide bonds. The molecule has 3 fully saturated rings. The van der Waals surface area contributed by atoms with Gasteiger partial charge in [-0.3, -0.25) is 4.18 Å². The van der Waals surface area contributed by atoms with Crippen LogP contribution in [0.25, 0.3) is 0 Å². The smallest absolute Gasteiger partial charge is 0.276 e. The zero-order chi connectivity index (χ0) is 9.43. The fourth-order valence-electron chi connectivity index (χ4n) is 2.52. The highest BCUT2D eigenvalue weighted by molar-refractivity contribution is 7.88. The zero-order valence-corrected chi connectivity index (χ0v) is 8.72. The number of hydrogen-bond acceptors (Lipinski definition) is 5. The summed E-state index contributed by atoms with van der Waals surface area (Å²) in [4.78, 5) is 0. The Hall–Kier alpha value is 0.220. The molecule has 0 aromatic carbocycles. The zero-order valence-electron chi connectivity index (χ0n) is 7.00. The van der Waals surface area contributed by atoms with Crippen LogP contribution in [0.5, 0.6) is 0 Å². The maximum Gasteiger partial charge on any atom is 0.276 e. The quantitative estimate of drug-likeness (QED) is 0.461. The molecule has 3 saturated heterocycles. The molecule has 3 rings (SSSR count). The predicted molar refractivity (Wildman–Crippen MR) is 48.2 cm³/mol. The maximum atomic E-state index is 11.6. The lowest BCUT2D eigenvalue weighted by Crippen LogP contribution is -2.43. The van der Waals surface area contributed by atoms with Crippen LogP contribution >= 0.6 is 12.6 Å². The van der Waals surface area contributed by atoms with Crippen LogP contribution in [0.4, 0.5) is 0 Å². The van der Waals surface area contributed by atoms with E-state index in [4.69, 9.17) is 8.92 Å². The van der Waals surface area contributed by atoms with E-state index in [1.165, 1.54) is 0 Å². The standard InChI is InChI=1S/C7H10O4S2/c1-7-2-3-5(12)4(6(7)10-3)11-13(7,8)9/h3-6,12H,2H2,1H3. The van der Waals surface area contributed by atoms with Crippen molar-refractivity contribution in [3.8, 4) is 0 Å². The molecule has 13 heavy (non-hydrogen) atoms. The molecule has 0 saturated carbocycles. The SMILES string of the molecule is CC12CC3OC1C(OS2(=O)=O)C3S. The third kappa shape index (κ3) is 0.751. The van der Waals surface area contributed by atoms with Gasteiger partial charge in [-0.25, -0.2) is 0 Å². The van der Waals surface area contributed by atoms with Crippen LogP contribution in [-0.4, -0.2) is 36.7 Å². The summed E-state index contributed by atoms with van der Waals surface area (Å²) in [6.45, 7) is 1.70. The van der Waals surface area contributed by atoms with E-state index < -0.39 is 14.9 Å². The Labute approximate surface area is 82.1 Å². The first kappa shape index (κ1) is 8.52. The molecule has 3 aliphatic heterocycles. The third-order valence-electron chi connectivity index (χ3n) is 3.35. The molecule has 0 aromatic rings. The first-order valence-corrected chi connectivity index (χ1v) is 6.14. The van der Waals surface area contributed by atoms with Crippen LogP contribution in [0.3, 0.4) is 0 Å². The van der Waals surface area contributed by atoms with Crippen LogP contribution < -0.4 is 0 Å². The largest absolute Gasteiger partial charge is 0.369 e. The lowest BCUT2D eigenvalue weighted by atomic mass is 9.87. The normalized spacial score (nSPS) is 61.7. The van der Waals surface area contributed by atoms with Gasteiger partial charge in [-0.1, -0.05) is 0 Å². The van der Waals surface area contributed by atoms with Crippen molar-refractivity contribution < 1.29 is 17.3 Å². The van der Waals surface area contributed by atoms with Gasteiger partial charge >= 0.3 is 0 Å². The molecule has 3 heterocycles. The second-order valence-electron chi connectivity index (χ2n) is 4.12. The van der Waals surface area contributed by atoms with Gasteiger partial charge in [-0.05, 0) is 13.3 Å². The topological polar surface area (TPSA) is 52.6 Å². The summed E-state index contributed by atoms with van der Waals surface area (Å²) >= 11 is 4.30. The molecule has 0 N–H and O–H groups in total. The average Bonchev–Trinajstić information content (AvgIpc) is 2.53. The van der Waals surface area contributed by atoms with Gasteiger partial charge in [0.2, 0.25) is 0 Å². The molecular formula is C7H10O4S2. The number of ether oxygens (including phenoxy) is 1. The summed E-state index contributed by atoms with van der Waals surface area (Å²) in [6, 6.07) is 0. The predicted octanol–water partition coefficient (Wildman–Crippen LogP) is -0.0568. The van der Waals surface area contributed by atoms with E-state index >= 15 is 0 Å². The Morgan fingerprint density at radius 3 is 2.77 bits per heavy atom. The third-order valence-corrected chi connectivity index (χ3v) is 6.00. The van der Waals surface area contributed by atoms with E-state index in [0.717, 1.165) is 0 Å². The molecule has 2 bridgehead atoms. The van der Waals surface area contributed by atoms with Gasteiger partial charge in [0.1, 0.15) is 17.0 Å². The molecule has 0 aromatic heterocycles. The van der Waals surface area contributed by atoms with Gasteiger partial charge in [0.05, 0.1) is 11.4 Å². The molecule has 5 unspecified atom stereocenters. The van der Waals surface area contributed by atoms with Crippen molar-refractivity contribution in [3.05, 3.63) is 0 Å². The summed E-state index contributed by atoms with van der Waals surface area (Å²) in [6.07, 6.45) is -0.201. The molecule has 0 radical (unpaired) electrons. The first-order valence-electron chi connectivity index (χ1n) is 4.22. The van der Waals surface area contributed by atoms with Gasteiger partial charge in [0.15, 0.2) is 0 Å². The number of thiol groups is 1. The van der Waals surface area contributed by atoms with Gasteiger partial charge in [0, 0.05) is 0 Å². The summed E-state index contributed by atoms with van der Waals surface area (Å²) in [7, 11) is -3.44. The molecule has 3 aliphatic rings. The van der Waals surface area contributed by atoms with Crippen molar-refractivity contribution in [2.24, 2.45) is 0 Å². The van der Waals surface area contributed by atoms with Crippen molar-refractivity contribution >= 4 is 22.7 Å². The van der Waals surface area contributed by atoms with Gasteiger partial charge < -0.3 is 4.74 Å². The van der Waals surface area contributed by atoms with Gasteiger partial charge in [-0.15, -0.1) is 0 Å².